The predicted molar refractivity (Wildman–Crippen MR) is 80.1 cm³/mol. The van der Waals surface area contributed by atoms with Gasteiger partial charge in [-0.3, -0.25) is 24.7 Å². The van der Waals surface area contributed by atoms with Crippen molar-refractivity contribution in [2.75, 3.05) is 52.9 Å². The van der Waals surface area contributed by atoms with Crippen LogP contribution in [-0.2, 0) is 4.79 Å². The quantitative estimate of drug-likeness (QED) is 0.634. The zero-order valence-electron chi connectivity index (χ0n) is 12.4. The molecule has 2 rings (SSSR count). The summed E-state index contributed by atoms with van der Waals surface area (Å²) in [5.41, 5.74) is 0.395. The molecule has 3 N–H and O–H groups in total. The number of aromatic nitrogens is 1. The molecule has 7 nitrogen and oxygen atoms in total. The van der Waals surface area contributed by atoms with E-state index in [1.807, 2.05) is 11.9 Å². The Morgan fingerprint density at radius 2 is 2.14 bits per heavy atom. The highest BCUT2D eigenvalue weighted by atomic mass is 16.2. The van der Waals surface area contributed by atoms with E-state index in [1.165, 1.54) is 0 Å². The first kappa shape index (κ1) is 15.7. The zero-order chi connectivity index (χ0) is 15.1. The summed E-state index contributed by atoms with van der Waals surface area (Å²) in [4.78, 5) is 30.6. The maximum absolute atomic E-state index is 11.8. The van der Waals surface area contributed by atoms with Crippen molar-refractivity contribution in [1.82, 2.24) is 25.4 Å². The van der Waals surface area contributed by atoms with E-state index < -0.39 is 0 Å². The third kappa shape index (κ3) is 5.30. The van der Waals surface area contributed by atoms with Crippen LogP contribution in [0.25, 0.3) is 0 Å². The summed E-state index contributed by atoms with van der Waals surface area (Å²) in [5, 5.41) is 5.69. The summed E-state index contributed by atoms with van der Waals surface area (Å²) >= 11 is 0. The molecule has 0 bridgehead atoms. The largest absolute Gasteiger partial charge is 0.357 e. The number of amides is 2. The minimum Gasteiger partial charge on any atom is -0.357 e. The molecule has 1 aliphatic rings. The summed E-state index contributed by atoms with van der Waals surface area (Å²) in [5.74, 6) is -0.669. The molecule has 0 aromatic carbocycles. The molecule has 0 radical (unpaired) electrons. The fourth-order valence-electron chi connectivity index (χ4n) is 2.28. The van der Waals surface area contributed by atoms with Gasteiger partial charge in [-0.15, -0.1) is 0 Å². The van der Waals surface area contributed by atoms with Gasteiger partial charge in [0, 0.05) is 45.5 Å². The number of imide groups is 1. The predicted octanol–water partition coefficient (Wildman–Crippen LogP) is -0.892. The normalized spacial score (nSPS) is 16.1. The maximum atomic E-state index is 11.8. The lowest BCUT2D eigenvalue weighted by molar-refractivity contribution is -0.121. The number of nitrogens with zero attached hydrogens (tertiary/aromatic N) is 2. The number of piperazine rings is 1. The summed E-state index contributed by atoms with van der Waals surface area (Å²) in [6.07, 6.45) is 1.65. The number of nitrogens with one attached hydrogen (secondary N) is 3. The van der Waals surface area contributed by atoms with Crippen molar-refractivity contribution >= 4 is 11.8 Å². The third-order valence-electron chi connectivity index (χ3n) is 3.52. The van der Waals surface area contributed by atoms with Crippen LogP contribution in [0.5, 0.6) is 0 Å². The van der Waals surface area contributed by atoms with Crippen LogP contribution in [0.4, 0.5) is 0 Å². The van der Waals surface area contributed by atoms with Gasteiger partial charge in [0.25, 0.3) is 5.91 Å². The second kappa shape index (κ2) is 7.92. The Balaban J connectivity index is 1.65. The molecule has 0 saturated carbocycles. The molecule has 0 spiro atoms. The van der Waals surface area contributed by atoms with Gasteiger partial charge in [0.1, 0.15) is 5.69 Å². The van der Waals surface area contributed by atoms with Crippen LogP contribution < -0.4 is 10.6 Å². The molecular formula is C14H23N5O2. The van der Waals surface area contributed by atoms with Crippen molar-refractivity contribution in [3.63, 3.8) is 0 Å². The molecule has 0 unspecified atom stereocenters. The van der Waals surface area contributed by atoms with Crippen molar-refractivity contribution < 1.29 is 9.59 Å². The van der Waals surface area contributed by atoms with Gasteiger partial charge in [0.05, 0.1) is 6.54 Å². The highest BCUT2D eigenvalue weighted by Gasteiger charge is 2.14. The van der Waals surface area contributed by atoms with Crippen molar-refractivity contribution in [3.05, 3.63) is 24.0 Å². The molecule has 1 aliphatic heterocycles. The van der Waals surface area contributed by atoms with Gasteiger partial charge in [-0.2, -0.15) is 0 Å². The Kier molecular flexibility index (Phi) is 5.91. The first-order chi connectivity index (χ1) is 10.1. The molecule has 2 amide bonds. The van der Waals surface area contributed by atoms with Crippen LogP contribution in [0.2, 0.25) is 0 Å². The second-order valence-corrected chi connectivity index (χ2v) is 5.29. The van der Waals surface area contributed by atoms with Gasteiger partial charge < -0.3 is 10.3 Å². The second-order valence-electron chi connectivity index (χ2n) is 5.29. The molecule has 0 atom stereocenters. The molecule has 0 aliphatic carbocycles. The Bertz CT molecular complexity index is 454. The van der Waals surface area contributed by atoms with E-state index in [4.69, 9.17) is 0 Å². The topological polar surface area (TPSA) is 80.5 Å². The highest BCUT2D eigenvalue weighted by molar-refractivity contribution is 6.04. The van der Waals surface area contributed by atoms with Crippen LogP contribution in [0.1, 0.15) is 10.5 Å². The van der Waals surface area contributed by atoms with Gasteiger partial charge in [-0.1, -0.05) is 0 Å². The van der Waals surface area contributed by atoms with Crippen molar-refractivity contribution in [2.45, 2.75) is 0 Å². The van der Waals surface area contributed by atoms with Crippen LogP contribution in [0, 0.1) is 0 Å². The first-order valence-corrected chi connectivity index (χ1v) is 7.24. The summed E-state index contributed by atoms with van der Waals surface area (Å²) in [7, 11) is 1.89. The standard InChI is InChI=1S/C14H23N5O2/c1-18(9-10-19-7-5-15-6-8-19)11-13(20)17-14(21)12-3-2-4-16-12/h2-4,15-16H,5-11H2,1H3,(H,17,20,21). The lowest BCUT2D eigenvalue weighted by atomic mass is 10.3. The maximum Gasteiger partial charge on any atom is 0.274 e. The molecule has 1 fully saturated rings. The molecule has 7 heteroatoms. The van der Waals surface area contributed by atoms with E-state index in [0.717, 1.165) is 39.3 Å². The number of likely N-dealkylation sites (N-methyl/N-ethyl adjacent to an activating group) is 1. The lowest BCUT2D eigenvalue weighted by Crippen LogP contribution is -2.47. The lowest BCUT2D eigenvalue weighted by Gasteiger charge is -2.28. The van der Waals surface area contributed by atoms with E-state index >= 15 is 0 Å². The van der Waals surface area contributed by atoms with E-state index in [0.29, 0.717) is 5.69 Å². The SMILES string of the molecule is CN(CCN1CCNCC1)CC(=O)NC(=O)c1ccc[nH]1. The van der Waals surface area contributed by atoms with Gasteiger partial charge in [-0.05, 0) is 19.2 Å². The molecule has 1 saturated heterocycles. The van der Waals surface area contributed by atoms with Crippen molar-refractivity contribution in [3.8, 4) is 0 Å². The number of carbonyl (C=O) groups excluding carboxylic acids is 2. The van der Waals surface area contributed by atoms with Gasteiger partial charge in [0.2, 0.25) is 5.91 Å². The molecular weight excluding hydrogens is 270 g/mol. The Morgan fingerprint density at radius 3 is 2.81 bits per heavy atom. The number of rotatable bonds is 6. The molecule has 116 valence electrons. The van der Waals surface area contributed by atoms with Crippen molar-refractivity contribution in [1.29, 1.82) is 0 Å². The molecule has 21 heavy (non-hydrogen) atoms. The van der Waals surface area contributed by atoms with E-state index in [9.17, 15) is 9.59 Å². The number of H-pyrrole nitrogens is 1. The third-order valence-corrected chi connectivity index (χ3v) is 3.52. The number of hydrogen-bond donors (Lipinski definition) is 3. The smallest absolute Gasteiger partial charge is 0.274 e. The Morgan fingerprint density at radius 1 is 1.38 bits per heavy atom. The minimum absolute atomic E-state index is 0.221. The van der Waals surface area contributed by atoms with E-state index in [2.05, 4.69) is 20.5 Å². The average Bonchev–Trinajstić information content (AvgIpc) is 3.00. The van der Waals surface area contributed by atoms with Crippen LogP contribution >= 0.6 is 0 Å². The highest BCUT2D eigenvalue weighted by Crippen LogP contribution is 1.95. The van der Waals surface area contributed by atoms with Gasteiger partial charge in [-0.25, -0.2) is 0 Å². The first-order valence-electron chi connectivity index (χ1n) is 7.24. The van der Waals surface area contributed by atoms with Crippen LogP contribution in [-0.4, -0.2) is 79.5 Å². The van der Waals surface area contributed by atoms with Gasteiger partial charge >= 0.3 is 0 Å². The number of carbonyl (C=O) groups is 2. The molecule has 2 heterocycles. The number of aromatic amines is 1. The molecule has 1 aromatic heterocycles. The Hall–Kier alpha value is -1.70. The Labute approximate surface area is 124 Å². The summed E-state index contributed by atoms with van der Waals surface area (Å²) in [6.45, 7) is 6.11. The minimum atomic E-state index is -0.388. The van der Waals surface area contributed by atoms with Crippen LogP contribution in [0.15, 0.2) is 18.3 Å². The fourth-order valence-corrected chi connectivity index (χ4v) is 2.28. The number of hydrogen-bond acceptors (Lipinski definition) is 5. The van der Waals surface area contributed by atoms with Crippen molar-refractivity contribution in [2.24, 2.45) is 0 Å². The summed E-state index contributed by atoms with van der Waals surface area (Å²) < 4.78 is 0. The van der Waals surface area contributed by atoms with Gasteiger partial charge in [0.15, 0.2) is 0 Å². The van der Waals surface area contributed by atoms with E-state index in [-0.39, 0.29) is 18.4 Å². The van der Waals surface area contributed by atoms with E-state index in [1.54, 1.807) is 18.3 Å². The monoisotopic (exact) mass is 293 g/mol. The summed E-state index contributed by atoms with van der Waals surface area (Å²) in [6, 6.07) is 3.36. The average molecular weight is 293 g/mol. The zero-order valence-corrected chi connectivity index (χ0v) is 12.4. The van der Waals surface area contributed by atoms with Crippen LogP contribution in [0.3, 0.4) is 0 Å². The fraction of sp³-hybridized carbons (Fsp3) is 0.571. The molecule has 1 aromatic rings.